The van der Waals surface area contributed by atoms with Crippen molar-refractivity contribution in [3.05, 3.63) is 23.2 Å². The first-order valence-corrected chi connectivity index (χ1v) is 5.25. The minimum atomic E-state index is 0.206. The molecule has 0 bridgehead atoms. The molecule has 2 nitrogen and oxygen atoms in total. The van der Waals surface area contributed by atoms with Crippen LogP contribution in [0.15, 0.2) is 10.5 Å². The van der Waals surface area contributed by atoms with Gasteiger partial charge in [0, 0.05) is 17.6 Å². The summed E-state index contributed by atoms with van der Waals surface area (Å²) in [4.78, 5) is 0. The molecule has 0 radical (unpaired) electrons. The molecule has 0 atom stereocenters. The van der Waals surface area contributed by atoms with Crippen LogP contribution in [-0.2, 0) is 6.54 Å². The Kier molecular flexibility index (Phi) is 3.38. The van der Waals surface area contributed by atoms with Crippen molar-refractivity contribution in [3.8, 4) is 0 Å². The highest BCUT2D eigenvalue weighted by atomic mass is 16.3. The van der Waals surface area contributed by atoms with Crippen molar-refractivity contribution < 1.29 is 4.42 Å². The van der Waals surface area contributed by atoms with Crippen LogP contribution < -0.4 is 5.32 Å². The van der Waals surface area contributed by atoms with E-state index in [0.717, 1.165) is 24.5 Å². The van der Waals surface area contributed by atoms with Gasteiger partial charge in [-0.15, -0.1) is 0 Å². The summed E-state index contributed by atoms with van der Waals surface area (Å²) in [6.07, 6.45) is 1.13. The molecule has 80 valence electrons. The molecule has 0 unspecified atom stereocenters. The molecule has 0 aliphatic rings. The van der Waals surface area contributed by atoms with Gasteiger partial charge in [0.05, 0.1) is 0 Å². The summed E-state index contributed by atoms with van der Waals surface area (Å²) >= 11 is 0. The normalized spacial score (nSPS) is 12.1. The quantitative estimate of drug-likeness (QED) is 0.798. The maximum absolute atomic E-state index is 5.47. The van der Waals surface area contributed by atoms with E-state index in [9.17, 15) is 0 Å². The zero-order valence-corrected chi connectivity index (χ0v) is 9.90. The molecule has 1 aromatic rings. The molecule has 0 aliphatic heterocycles. The van der Waals surface area contributed by atoms with E-state index in [-0.39, 0.29) is 5.54 Å². The second-order valence-corrected chi connectivity index (χ2v) is 4.53. The van der Waals surface area contributed by atoms with E-state index in [4.69, 9.17) is 4.42 Å². The van der Waals surface area contributed by atoms with Crippen LogP contribution in [0.2, 0.25) is 0 Å². The Bertz CT molecular complexity index is 299. The van der Waals surface area contributed by atoms with Crippen LogP contribution in [0.4, 0.5) is 0 Å². The number of hydrogen-bond donors (Lipinski definition) is 1. The Labute approximate surface area is 86.7 Å². The van der Waals surface area contributed by atoms with Crippen LogP contribution in [-0.4, -0.2) is 5.54 Å². The maximum atomic E-state index is 5.47. The summed E-state index contributed by atoms with van der Waals surface area (Å²) in [7, 11) is 0. The van der Waals surface area contributed by atoms with Crippen molar-refractivity contribution in [1.82, 2.24) is 5.32 Å². The molecule has 0 saturated carbocycles. The monoisotopic (exact) mass is 195 g/mol. The van der Waals surface area contributed by atoms with Gasteiger partial charge < -0.3 is 9.73 Å². The Morgan fingerprint density at radius 3 is 2.43 bits per heavy atom. The first kappa shape index (κ1) is 11.3. The van der Waals surface area contributed by atoms with Crippen LogP contribution in [0.3, 0.4) is 0 Å². The predicted molar refractivity (Wildman–Crippen MR) is 59.4 cm³/mol. The molecule has 1 N–H and O–H groups in total. The molecule has 2 heteroatoms. The van der Waals surface area contributed by atoms with Gasteiger partial charge in [0.25, 0.3) is 0 Å². The Hall–Kier alpha value is -0.760. The molecule has 0 aromatic carbocycles. The first-order chi connectivity index (χ1) is 6.44. The van der Waals surface area contributed by atoms with E-state index >= 15 is 0 Å². The first-order valence-electron chi connectivity index (χ1n) is 5.25. The lowest BCUT2D eigenvalue weighted by Gasteiger charge is -2.24. The van der Waals surface area contributed by atoms with Crippen LogP contribution in [0.1, 0.15) is 44.3 Å². The van der Waals surface area contributed by atoms with Gasteiger partial charge in [0.15, 0.2) is 0 Å². The number of hydrogen-bond acceptors (Lipinski definition) is 2. The molecule has 0 saturated heterocycles. The summed E-state index contributed by atoms with van der Waals surface area (Å²) in [5.74, 6) is 2.02. The highest BCUT2D eigenvalue weighted by molar-refractivity contribution is 5.20. The van der Waals surface area contributed by atoms with Gasteiger partial charge in [-0.25, -0.2) is 0 Å². The topological polar surface area (TPSA) is 25.2 Å². The standard InChI is InChI=1S/C12H21NO/c1-6-12(4,5)13-8-11-7-9(2)14-10(11)3/h7,13H,6,8H2,1-5H3. The molecule has 0 spiro atoms. The van der Waals surface area contributed by atoms with E-state index in [1.807, 2.05) is 13.8 Å². The van der Waals surface area contributed by atoms with Crippen molar-refractivity contribution >= 4 is 0 Å². The second-order valence-electron chi connectivity index (χ2n) is 4.53. The van der Waals surface area contributed by atoms with E-state index in [0.29, 0.717) is 0 Å². The van der Waals surface area contributed by atoms with Gasteiger partial charge in [-0.1, -0.05) is 6.92 Å². The third-order valence-corrected chi connectivity index (χ3v) is 2.79. The fraction of sp³-hybridized carbons (Fsp3) is 0.667. The minimum absolute atomic E-state index is 0.206. The predicted octanol–water partition coefficient (Wildman–Crippen LogP) is 3.17. The van der Waals surface area contributed by atoms with Gasteiger partial charge >= 0.3 is 0 Å². The lowest BCUT2D eigenvalue weighted by atomic mass is 10.0. The summed E-state index contributed by atoms with van der Waals surface area (Å²) in [5.41, 5.74) is 1.47. The van der Waals surface area contributed by atoms with Crippen molar-refractivity contribution in [2.75, 3.05) is 0 Å². The van der Waals surface area contributed by atoms with Crippen molar-refractivity contribution in [2.45, 2.75) is 53.1 Å². The van der Waals surface area contributed by atoms with Gasteiger partial charge in [0.2, 0.25) is 0 Å². The van der Waals surface area contributed by atoms with Gasteiger partial charge in [0.1, 0.15) is 11.5 Å². The Morgan fingerprint density at radius 1 is 1.36 bits per heavy atom. The summed E-state index contributed by atoms with van der Waals surface area (Å²) in [5, 5.41) is 3.52. The number of aryl methyl sites for hydroxylation is 2. The second kappa shape index (κ2) is 4.18. The lowest BCUT2D eigenvalue weighted by molar-refractivity contribution is 0.372. The Morgan fingerprint density at radius 2 is 2.00 bits per heavy atom. The highest BCUT2D eigenvalue weighted by Gasteiger charge is 2.14. The maximum Gasteiger partial charge on any atom is 0.105 e. The van der Waals surface area contributed by atoms with Crippen molar-refractivity contribution in [1.29, 1.82) is 0 Å². The van der Waals surface area contributed by atoms with Gasteiger partial charge in [-0.2, -0.15) is 0 Å². The zero-order valence-electron chi connectivity index (χ0n) is 9.90. The van der Waals surface area contributed by atoms with E-state index in [2.05, 4.69) is 32.2 Å². The summed E-state index contributed by atoms with van der Waals surface area (Å²) < 4.78 is 5.47. The van der Waals surface area contributed by atoms with Crippen LogP contribution in [0.25, 0.3) is 0 Å². The van der Waals surface area contributed by atoms with Gasteiger partial charge in [-0.3, -0.25) is 0 Å². The van der Waals surface area contributed by atoms with Crippen molar-refractivity contribution in [3.63, 3.8) is 0 Å². The van der Waals surface area contributed by atoms with Crippen LogP contribution in [0, 0.1) is 13.8 Å². The minimum Gasteiger partial charge on any atom is -0.466 e. The highest BCUT2D eigenvalue weighted by Crippen LogP contribution is 2.15. The molecule has 0 fully saturated rings. The molecule has 1 heterocycles. The van der Waals surface area contributed by atoms with Crippen LogP contribution in [0.5, 0.6) is 0 Å². The molecule has 1 aromatic heterocycles. The fourth-order valence-electron chi connectivity index (χ4n) is 1.32. The zero-order chi connectivity index (χ0) is 10.8. The number of rotatable bonds is 4. The van der Waals surface area contributed by atoms with Gasteiger partial charge in [-0.05, 0) is 40.2 Å². The van der Waals surface area contributed by atoms with E-state index in [1.54, 1.807) is 0 Å². The molecule has 14 heavy (non-hydrogen) atoms. The molecule has 0 amide bonds. The van der Waals surface area contributed by atoms with E-state index < -0.39 is 0 Å². The third-order valence-electron chi connectivity index (χ3n) is 2.79. The number of nitrogens with one attached hydrogen (secondary N) is 1. The summed E-state index contributed by atoms with van der Waals surface area (Å²) in [6.45, 7) is 11.5. The summed E-state index contributed by atoms with van der Waals surface area (Å²) in [6, 6.07) is 2.11. The van der Waals surface area contributed by atoms with Crippen molar-refractivity contribution in [2.24, 2.45) is 0 Å². The molecule has 1 rings (SSSR count). The molecule has 0 aliphatic carbocycles. The molecular weight excluding hydrogens is 174 g/mol. The van der Waals surface area contributed by atoms with Crippen LogP contribution >= 0.6 is 0 Å². The largest absolute Gasteiger partial charge is 0.466 e. The SMILES string of the molecule is CCC(C)(C)NCc1cc(C)oc1C. The average Bonchev–Trinajstić information content (AvgIpc) is 2.42. The van der Waals surface area contributed by atoms with E-state index in [1.165, 1.54) is 5.56 Å². The average molecular weight is 195 g/mol. The Balaban J connectivity index is 2.58. The third kappa shape index (κ3) is 2.88. The fourth-order valence-corrected chi connectivity index (χ4v) is 1.32. The molecular formula is C12H21NO. The number of furan rings is 1. The lowest BCUT2D eigenvalue weighted by Crippen LogP contribution is -2.37. The smallest absolute Gasteiger partial charge is 0.105 e.